The van der Waals surface area contributed by atoms with E-state index in [1.54, 1.807) is 0 Å². The Labute approximate surface area is 113 Å². The summed E-state index contributed by atoms with van der Waals surface area (Å²) in [5, 5.41) is 3.53. The molecule has 2 unspecified atom stereocenters. The lowest BCUT2D eigenvalue weighted by molar-refractivity contribution is 0.129. The van der Waals surface area contributed by atoms with Gasteiger partial charge >= 0.3 is 0 Å². The average molecular weight is 253 g/mol. The van der Waals surface area contributed by atoms with Gasteiger partial charge in [0.1, 0.15) is 0 Å². The molecule has 2 atom stereocenters. The second-order valence-electron chi connectivity index (χ2n) is 5.90. The lowest BCUT2D eigenvalue weighted by Gasteiger charge is -2.35. The van der Waals surface area contributed by atoms with Crippen molar-refractivity contribution in [1.82, 2.24) is 15.1 Å². The van der Waals surface area contributed by atoms with Crippen LogP contribution in [-0.2, 0) is 0 Å². The minimum absolute atomic E-state index is 0.808. The van der Waals surface area contributed by atoms with Crippen molar-refractivity contribution < 1.29 is 0 Å². The van der Waals surface area contributed by atoms with Crippen molar-refractivity contribution in [3.63, 3.8) is 0 Å². The molecule has 0 aromatic carbocycles. The van der Waals surface area contributed by atoms with E-state index in [4.69, 9.17) is 0 Å². The quantitative estimate of drug-likeness (QED) is 0.808. The molecular weight excluding hydrogens is 222 g/mol. The highest BCUT2D eigenvalue weighted by Gasteiger charge is 2.29. The molecule has 2 aliphatic rings. The monoisotopic (exact) mass is 253 g/mol. The molecule has 1 N–H and O–H groups in total. The maximum Gasteiger partial charge on any atom is 0.0235 e. The first kappa shape index (κ1) is 14.3. The van der Waals surface area contributed by atoms with Gasteiger partial charge in [-0.25, -0.2) is 0 Å². The van der Waals surface area contributed by atoms with Gasteiger partial charge in [-0.2, -0.15) is 0 Å². The highest BCUT2D eigenvalue weighted by molar-refractivity contribution is 4.86. The predicted octanol–water partition coefficient (Wildman–Crippen LogP) is 1.93. The van der Waals surface area contributed by atoms with Crippen molar-refractivity contribution >= 4 is 0 Å². The number of nitrogens with zero attached hydrogens (tertiary/aromatic N) is 2. The van der Waals surface area contributed by atoms with Crippen molar-refractivity contribution in [2.24, 2.45) is 0 Å². The van der Waals surface area contributed by atoms with Crippen LogP contribution in [0.15, 0.2) is 0 Å². The van der Waals surface area contributed by atoms with E-state index in [-0.39, 0.29) is 0 Å². The van der Waals surface area contributed by atoms with Crippen LogP contribution in [0.25, 0.3) is 0 Å². The number of hydrogen-bond donors (Lipinski definition) is 1. The van der Waals surface area contributed by atoms with Gasteiger partial charge in [-0.05, 0) is 64.8 Å². The van der Waals surface area contributed by atoms with E-state index in [1.165, 1.54) is 71.4 Å². The van der Waals surface area contributed by atoms with Crippen LogP contribution in [0.4, 0.5) is 0 Å². The first-order valence-corrected chi connectivity index (χ1v) is 8.04. The molecule has 18 heavy (non-hydrogen) atoms. The molecule has 2 rings (SSSR count). The van der Waals surface area contributed by atoms with Gasteiger partial charge < -0.3 is 10.2 Å². The molecule has 2 saturated heterocycles. The van der Waals surface area contributed by atoms with E-state index in [0.717, 1.165) is 12.1 Å². The summed E-state index contributed by atoms with van der Waals surface area (Å²) < 4.78 is 0. The third kappa shape index (κ3) is 3.69. The Kier molecular flexibility index (Phi) is 5.93. The Morgan fingerprint density at radius 1 is 1.11 bits per heavy atom. The topological polar surface area (TPSA) is 18.5 Å². The van der Waals surface area contributed by atoms with Gasteiger partial charge in [-0.15, -0.1) is 0 Å². The Morgan fingerprint density at radius 3 is 2.67 bits per heavy atom. The van der Waals surface area contributed by atoms with Gasteiger partial charge in [0.25, 0.3) is 0 Å². The number of nitrogens with one attached hydrogen (secondary N) is 1. The summed E-state index contributed by atoms with van der Waals surface area (Å²) in [5.41, 5.74) is 0. The maximum absolute atomic E-state index is 3.53. The van der Waals surface area contributed by atoms with Gasteiger partial charge in [0, 0.05) is 18.6 Å². The van der Waals surface area contributed by atoms with E-state index in [1.807, 2.05) is 0 Å². The molecule has 0 saturated carbocycles. The lowest BCUT2D eigenvalue weighted by Crippen LogP contribution is -2.45. The highest BCUT2D eigenvalue weighted by atomic mass is 15.2. The molecule has 0 amide bonds. The molecule has 0 spiro atoms. The van der Waals surface area contributed by atoms with Crippen LogP contribution >= 0.6 is 0 Å². The zero-order chi connectivity index (χ0) is 12.8. The predicted molar refractivity (Wildman–Crippen MR) is 78.0 cm³/mol. The van der Waals surface area contributed by atoms with Gasteiger partial charge in [0.2, 0.25) is 0 Å². The molecular formula is C15H31N3. The second-order valence-corrected chi connectivity index (χ2v) is 5.90. The van der Waals surface area contributed by atoms with Gasteiger partial charge in [-0.3, -0.25) is 4.90 Å². The van der Waals surface area contributed by atoms with E-state index in [9.17, 15) is 0 Å². The van der Waals surface area contributed by atoms with E-state index < -0.39 is 0 Å². The third-order valence-corrected chi connectivity index (χ3v) is 4.69. The molecule has 0 aromatic heterocycles. The SMILES string of the molecule is CCCN(C1CCCN(CC)CC1)C1CCNC1. The first-order valence-electron chi connectivity index (χ1n) is 8.04. The molecule has 0 aliphatic carbocycles. The number of rotatable bonds is 5. The minimum Gasteiger partial charge on any atom is -0.315 e. The molecule has 3 heteroatoms. The van der Waals surface area contributed by atoms with Gasteiger partial charge in [-0.1, -0.05) is 13.8 Å². The molecule has 0 aromatic rings. The summed E-state index contributed by atoms with van der Waals surface area (Å²) in [7, 11) is 0. The van der Waals surface area contributed by atoms with Crippen LogP contribution in [0, 0.1) is 0 Å². The van der Waals surface area contributed by atoms with Crippen molar-refractivity contribution in [1.29, 1.82) is 0 Å². The summed E-state index contributed by atoms with van der Waals surface area (Å²) in [6, 6.07) is 1.65. The summed E-state index contributed by atoms with van der Waals surface area (Å²) in [5.74, 6) is 0. The van der Waals surface area contributed by atoms with Crippen molar-refractivity contribution in [3.05, 3.63) is 0 Å². The summed E-state index contributed by atoms with van der Waals surface area (Å²) in [4.78, 5) is 5.45. The standard InChI is InChI=1S/C15H31N3/c1-3-10-18(15-7-9-16-13-15)14-6-5-11-17(4-2)12-8-14/h14-16H,3-13H2,1-2H3. The minimum atomic E-state index is 0.808. The maximum atomic E-state index is 3.53. The molecule has 3 nitrogen and oxygen atoms in total. The normalized spacial score (nSPS) is 30.8. The Balaban J connectivity index is 1.92. The summed E-state index contributed by atoms with van der Waals surface area (Å²) in [6.45, 7) is 12.2. The van der Waals surface area contributed by atoms with Crippen LogP contribution in [0.5, 0.6) is 0 Å². The summed E-state index contributed by atoms with van der Waals surface area (Å²) in [6.07, 6.45) is 6.83. The Morgan fingerprint density at radius 2 is 2.00 bits per heavy atom. The first-order chi connectivity index (χ1) is 8.85. The van der Waals surface area contributed by atoms with Crippen LogP contribution in [0.1, 0.15) is 46.0 Å². The molecule has 106 valence electrons. The second kappa shape index (κ2) is 7.46. The van der Waals surface area contributed by atoms with Crippen molar-refractivity contribution in [2.45, 2.75) is 58.0 Å². The average Bonchev–Trinajstić information content (AvgIpc) is 2.81. The molecule has 2 heterocycles. The van der Waals surface area contributed by atoms with Crippen molar-refractivity contribution in [3.8, 4) is 0 Å². The molecule has 2 aliphatic heterocycles. The van der Waals surface area contributed by atoms with Crippen molar-refractivity contribution in [2.75, 3.05) is 39.3 Å². The molecule has 0 radical (unpaired) electrons. The lowest BCUT2D eigenvalue weighted by atomic mass is 10.0. The Hall–Kier alpha value is -0.120. The largest absolute Gasteiger partial charge is 0.315 e. The van der Waals surface area contributed by atoms with Gasteiger partial charge in [0.15, 0.2) is 0 Å². The highest BCUT2D eigenvalue weighted by Crippen LogP contribution is 2.21. The fourth-order valence-corrected chi connectivity index (χ4v) is 3.63. The zero-order valence-corrected chi connectivity index (χ0v) is 12.3. The fraction of sp³-hybridized carbons (Fsp3) is 1.00. The van der Waals surface area contributed by atoms with Crippen LogP contribution < -0.4 is 5.32 Å². The fourth-order valence-electron chi connectivity index (χ4n) is 3.63. The third-order valence-electron chi connectivity index (χ3n) is 4.69. The zero-order valence-electron chi connectivity index (χ0n) is 12.3. The van der Waals surface area contributed by atoms with Gasteiger partial charge in [0.05, 0.1) is 0 Å². The summed E-state index contributed by atoms with van der Waals surface area (Å²) >= 11 is 0. The van der Waals surface area contributed by atoms with Crippen LogP contribution in [0.2, 0.25) is 0 Å². The van der Waals surface area contributed by atoms with E-state index in [0.29, 0.717) is 0 Å². The van der Waals surface area contributed by atoms with Crippen LogP contribution in [0.3, 0.4) is 0 Å². The molecule has 2 fully saturated rings. The molecule has 0 bridgehead atoms. The van der Waals surface area contributed by atoms with Crippen LogP contribution in [-0.4, -0.2) is 61.2 Å². The van der Waals surface area contributed by atoms with E-state index in [2.05, 4.69) is 29.0 Å². The number of hydrogen-bond acceptors (Lipinski definition) is 3. The number of likely N-dealkylation sites (tertiary alicyclic amines) is 1. The van der Waals surface area contributed by atoms with E-state index >= 15 is 0 Å². The Bertz CT molecular complexity index is 226. The smallest absolute Gasteiger partial charge is 0.0235 e.